The Balaban J connectivity index is 1.91. The summed E-state index contributed by atoms with van der Waals surface area (Å²) in [5.41, 5.74) is 0. The number of aliphatic hydroxyl groups excluding tert-OH is 1. The number of carbonyl (C=O) groups is 1. The molecule has 0 atom stereocenters. The van der Waals surface area contributed by atoms with Crippen molar-refractivity contribution in [3.05, 3.63) is 22.4 Å². The number of hydrogen-bond acceptors (Lipinski definition) is 3. The number of rotatable bonds is 6. The third-order valence-electron chi connectivity index (χ3n) is 3.30. The average molecular weight is 253 g/mol. The van der Waals surface area contributed by atoms with Crippen LogP contribution in [0.1, 0.15) is 30.6 Å². The van der Waals surface area contributed by atoms with E-state index in [-0.39, 0.29) is 12.5 Å². The molecular formula is C13H19NO2S. The SMILES string of the molecule is O=C(Cc1cccs1)N(CCCO)C1CCC1. The van der Waals surface area contributed by atoms with E-state index in [1.54, 1.807) is 11.3 Å². The van der Waals surface area contributed by atoms with Gasteiger partial charge in [0.2, 0.25) is 5.91 Å². The fourth-order valence-electron chi connectivity index (χ4n) is 2.11. The number of thiophene rings is 1. The van der Waals surface area contributed by atoms with Crippen molar-refractivity contribution in [2.75, 3.05) is 13.2 Å². The van der Waals surface area contributed by atoms with Crippen LogP contribution >= 0.6 is 11.3 Å². The molecule has 0 spiro atoms. The molecule has 1 saturated carbocycles. The standard InChI is InChI=1S/C13H19NO2S/c15-8-3-7-14(11-4-1-5-11)13(16)10-12-6-2-9-17-12/h2,6,9,11,15H,1,3-5,7-8,10H2. The van der Waals surface area contributed by atoms with Crippen LogP contribution in [-0.4, -0.2) is 35.1 Å². The second kappa shape index (κ2) is 6.17. The van der Waals surface area contributed by atoms with Crippen LogP contribution < -0.4 is 0 Å². The normalized spacial score (nSPS) is 15.6. The van der Waals surface area contributed by atoms with E-state index in [9.17, 15) is 4.79 Å². The van der Waals surface area contributed by atoms with Crippen molar-refractivity contribution >= 4 is 17.2 Å². The third-order valence-corrected chi connectivity index (χ3v) is 4.17. The predicted octanol–water partition coefficient (Wildman–Crippen LogP) is 2.05. The second-order valence-corrected chi connectivity index (χ2v) is 5.54. The summed E-state index contributed by atoms with van der Waals surface area (Å²) < 4.78 is 0. The Morgan fingerprint density at radius 3 is 2.88 bits per heavy atom. The lowest BCUT2D eigenvalue weighted by Crippen LogP contribution is -2.45. The predicted molar refractivity (Wildman–Crippen MR) is 69.1 cm³/mol. The highest BCUT2D eigenvalue weighted by Crippen LogP contribution is 2.26. The topological polar surface area (TPSA) is 40.5 Å². The highest BCUT2D eigenvalue weighted by atomic mass is 32.1. The van der Waals surface area contributed by atoms with Gasteiger partial charge in [-0.2, -0.15) is 0 Å². The van der Waals surface area contributed by atoms with Gasteiger partial charge in [0, 0.05) is 24.1 Å². The zero-order valence-corrected chi connectivity index (χ0v) is 10.8. The molecule has 1 N–H and O–H groups in total. The van der Waals surface area contributed by atoms with E-state index < -0.39 is 0 Å². The van der Waals surface area contributed by atoms with E-state index in [1.807, 2.05) is 22.4 Å². The van der Waals surface area contributed by atoms with Crippen molar-refractivity contribution in [2.45, 2.75) is 38.1 Å². The first-order valence-corrected chi connectivity index (χ1v) is 7.12. The number of amides is 1. The van der Waals surface area contributed by atoms with Crippen molar-refractivity contribution in [1.82, 2.24) is 4.90 Å². The van der Waals surface area contributed by atoms with Crippen molar-refractivity contribution in [3.8, 4) is 0 Å². The van der Waals surface area contributed by atoms with Crippen LogP contribution in [0.3, 0.4) is 0 Å². The quantitative estimate of drug-likeness (QED) is 0.843. The minimum absolute atomic E-state index is 0.162. The molecule has 0 aromatic carbocycles. The maximum atomic E-state index is 12.2. The van der Waals surface area contributed by atoms with Gasteiger partial charge >= 0.3 is 0 Å². The monoisotopic (exact) mass is 253 g/mol. The molecule has 1 amide bonds. The minimum atomic E-state index is 0.162. The first-order chi connectivity index (χ1) is 8.31. The maximum Gasteiger partial charge on any atom is 0.228 e. The maximum absolute atomic E-state index is 12.2. The van der Waals surface area contributed by atoms with Gasteiger partial charge < -0.3 is 10.0 Å². The molecule has 1 fully saturated rings. The van der Waals surface area contributed by atoms with Gasteiger partial charge in [0.1, 0.15) is 0 Å². The van der Waals surface area contributed by atoms with Crippen LogP contribution in [0.4, 0.5) is 0 Å². The summed E-state index contributed by atoms with van der Waals surface area (Å²) in [6.07, 6.45) is 4.68. The summed E-state index contributed by atoms with van der Waals surface area (Å²) in [4.78, 5) is 15.3. The fourth-order valence-corrected chi connectivity index (χ4v) is 2.81. The molecule has 3 nitrogen and oxygen atoms in total. The summed E-state index contributed by atoms with van der Waals surface area (Å²) >= 11 is 1.63. The van der Waals surface area contributed by atoms with Crippen molar-refractivity contribution in [1.29, 1.82) is 0 Å². The van der Waals surface area contributed by atoms with Crippen LogP contribution in [0.5, 0.6) is 0 Å². The van der Waals surface area contributed by atoms with Gasteiger partial charge in [-0.15, -0.1) is 11.3 Å². The van der Waals surface area contributed by atoms with E-state index in [1.165, 1.54) is 6.42 Å². The first kappa shape index (κ1) is 12.6. The molecule has 0 bridgehead atoms. The van der Waals surface area contributed by atoms with E-state index in [0.717, 1.165) is 17.7 Å². The summed E-state index contributed by atoms with van der Waals surface area (Å²) in [7, 11) is 0. The fraction of sp³-hybridized carbons (Fsp3) is 0.615. The van der Waals surface area contributed by atoms with Crippen LogP contribution in [0.15, 0.2) is 17.5 Å². The highest BCUT2D eigenvalue weighted by Gasteiger charge is 2.28. The lowest BCUT2D eigenvalue weighted by atomic mass is 9.91. The van der Waals surface area contributed by atoms with Crippen LogP contribution in [0, 0.1) is 0 Å². The van der Waals surface area contributed by atoms with Gasteiger partial charge in [-0.1, -0.05) is 6.07 Å². The van der Waals surface area contributed by atoms with E-state index in [0.29, 0.717) is 25.4 Å². The smallest absolute Gasteiger partial charge is 0.228 e. The molecule has 17 heavy (non-hydrogen) atoms. The molecular weight excluding hydrogens is 234 g/mol. The van der Waals surface area contributed by atoms with E-state index in [2.05, 4.69) is 0 Å². The zero-order valence-electron chi connectivity index (χ0n) is 9.97. The number of aliphatic hydroxyl groups is 1. The minimum Gasteiger partial charge on any atom is -0.396 e. The molecule has 0 radical (unpaired) electrons. The van der Waals surface area contributed by atoms with Crippen molar-refractivity contribution < 1.29 is 9.90 Å². The van der Waals surface area contributed by atoms with Gasteiger partial charge in [0.05, 0.1) is 6.42 Å². The molecule has 0 saturated heterocycles. The molecule has 1 heterocycles. The second-order valence-electron chi connectivity index (χ2n) is 4.51. The summed E-state index contributed by atoms with van der Waals surface area (Å²) in [6.45, 7) is 0.862. The number of hydrogen-bond donors (Lipinski definition) is 1. The molecule has 0 aliphatic heterocycles. The molecule has 0 unspecified atom stereocenters. The molecule has 1 aromatic heterocycles. The van der Waals surface area contributed by atoms with Crippen LogP contribution in [0.2, 0.25) is 0 Å². The summed E-state index contributed by atoms with van der Waals surface area (Å²) in [6, 6.07) is 4.41. The van der Waals surface area contributed by atoms with Gasteiger partial charge in [0.15, 0.2) is 0 Å². The van der Waals surface area contributed by atoms with E-state index >= 15 is 0 Å². The number of carbonyl (C=O) groups excluding carboxylic acids is 1. The van der Waals surface area contributed by atoms with Crippen molar-refractivity contribution in [3.63, 3.8) is 0 Å². The van der Waals surface area contributed by atoms with Gasteiger partial charge in [0.25, 0.3) is 0 Å². The van der Waals surface area contributed by atoms with E-state index in [4.69, 9.17) is 5.11 Å². The summed E-state index contributed by atoms with van der Waals surface area (Å²) in [5.74, 6) is 0.214. The Morgan fingerprint density at radius 2 is 2.35 bits per heavy atom. The van der Waals surface area contributed by atoms with Gasteiger partial charge in [-0.25, -0.2) is 0 Å². The van der Waals surface area contributed by atoms with Gasteiger partial charge in [-0.05, 0) is 37.1 Å². The Labute approximate surface area is 106 Å². The van der Waals surface area contributed by atoms with Crippen LogP contribution in [-0.2, 0) is 11.2 Å². The largest absolute Gasteiger partial charge is 0.396 e. The molecule has 1 aliphatic rings. The molecule has 1 aliphatic carbocycles. The molecule has 2 rings (SSSR count). The van der Waals surface area contributed by atoms with Crippen LogP contribution in [0.25, 0.3) is 0 Å². The lowest BCUT2D eigenvalue weighted by molar-refractivity contribution is -0.134. The molecule has 94 valence electrons. The molecule has 1 aromatic rings. The Morgan fingerprint density at radius 1 is 1.53 bits per heavy atom. The summed E-state index contributed by atoms with van der Waals surface area (Å²) in [5, 5.41) is 10.9. The molecule has 4 heteroatoms. The Kier molecular flexibility index (Phi) is 4.57. The third kappa shape index (κ3) is 3.30. The number of nitrogens with zero attached hydrogens (tertiary/aromatic N) is 1. The Hall–Kier alpha value is -0.870. The van der Waals surface area contributed by atoms with Gasteiger partial charge in [-0.3, -0.25) is 4.79 Å². The zero-order chi connectivity index (χ0) is 12.1. The lowest BCUT2D eigenvalue weighted by Gasteiger charge is -2.37. The first-order valence-electron chi connectivity index (χ1n) is 6.24. The Bertz CT molecular complexity index is 346. The van der Waals surface area contributed by atoms with Crippen molar-refractivity contribution in [2.24, 2.45) is 0 Å². The average Bonchev–Trinajstić information content (AvgIpc) is 2.73. The highest BCUT2D eigenvalue weighted by molar-refractivity contribution is 7.10.